The van der Waals surface area contributed by atoms with Gasteiger partial charge in [0.25, 0.3) is 0 Å². The molecule has 0 aromatic heterocycles. The molecule has 1 atom stereocenters. The summed E-state index contributed by atoms with van der Waals surface area (Å²) in [6.45, 7) is 4.28. The molecule has 0 spiro atoms. The van der Waals surface area contributed by atoms with Crippen molar-refractivity contribution in [2.75, 3.05) is 17.2 Å². The van der Waals surface area contributed by atoms with Crippen molar-refractivity contribution in [1.29, 1.82) is 0 Å². The Morgan fingerprint density at radius 1 is 1.53 bits per heavy atom. The van der Waals surface area contributed by atoms with Gasteiger partial charge < -0.3 is 4.90 Å². The molecule has 1 heterocycles. The SMILES string of the molecule is CC(=O)SCC1CC(=O)N(c2cc(Br)ccc2C)C1. The van der Waals surface area contributed by atoms with Crippen molar-refractivity contribution in [1.82, 2.24) is 0 Å². The zero-order chi connectivity index (χ0) is 14.0. The number of rotatable bonds is 3. The van der Waals surface area contributed by atoms with E-state index in [0.717, 1.165) is 21.5 Å². The number of hydrogen-bond acceptors (Lipinski definition) is 3. The third-order valence-corrected chi connectivity index (χ3v) is 4.73. The van der Waals surface area contributed by atoms with E-state index >= 15 is 0 Å². The molecule has 3 nitrogen and oxygen atoms in total. The van der Waals surface area contributed by atoms with E-state index in [1.54, 1.807) is 6.92 Å². The number of benzene rings is 1. The predicted octanol–water partition coefficient (Wildman–Crippen LogP) is 3.39. The minimum absolute atomic E-state index is 0.115. The molecule has 5 heteroatoms. The normalized spacial score (nSPS) is 19.0. The summed E-state index contributed by atoms with van der Waals surface area (Å²) in [4.78, 5) is 24.9. The molecule has 1 aliphatic heterocycles. The second-order valence-electron chi connectivity index (χ2n) is 4.81. The van der Waals surface area contributed by atoms with Crippen LogP contribution < -0.4 is 4.90 Å². The summed E-state index contributed by atoms with van der Waals surface area (Å²) in [7, 11) is 0. The number of aryl methyl sites for hydroxylation is 1. The number of anilines is 1. The van der Waals surface area contributed by atoms with E-state index in [1.165, 1.54) is 11.8 Å². The van der Waals surface area contributed by atoms with Gasteiger partial charge in [0.1, 0.15) is 0 Å². The number of thioether (sulfide) groups is 1. The van der Waals surface area contributed by atoms with Gasteiger partial charge in [-0.25, -0.2) is 0 Å². The largest absolute Gasteiger partial charge is 0.312 e. The third-order valence-electron chi connectivity index (χ3n) is 3.19. The van der Waals surface area contributed by atoms with Crippen LogP contribution in [0, 0.1) is 12.8 Å². The molecule has 1 fully saturated rings. The Balaban J connectivity index is 2.11. The zero-order valence-electron chi connectivity index (χ0n) is 11.0. The third kappa shape index (κ3) is 3.60. The lowest BCUT2D eigenvalue weighted by Crippen LogP contribution is -2.25. The zero-order valence-corrected chi connectivity index (χ0v) is 13.4. The van der Waals surface area contributed by atoms with Gasteiger partial charge in [0.2, 0.25) is 5.91 Å². The van der Waals surface area contributed by atoms with Crippen LogP contribution in [0.2, 0.25) is 0 Å². The monoisotopic (exact) mass is 341 g/mol. The van der Waals surface area contributed by atoms with Crippen LogP contribution in [-0.4, -0.2) is 23.3 Å². The highest BCUT2D eigenvalue weighted by Gasteiger charge is 2.31. The molecule has 1 aromatic carbocycles. The second-order valence-corrected chi connectivity index (χ2v) is 6.92. The first-order chi connectivity index (χ1) is 8.97. The van der Waals surface area contributed by atoms with Crippen LogP contribution in [0.3, 0.4) is 0 Å². The molecule has 2 rings (SSSR count). The molecule has 0 saturated carbocycles. The number of carbonyl (C=O) groups excluding carboxylic acids is 2. The summed E-state index contributed by atoms with van der Waals surface area (Å²) in [5.41, 5.74) is 2.06. The summed E-state index contributed by atoms with van der Waals surface area (Å²) < 4.78 is 0.975. The highest BCUT2D eigenvalue weighted by molar-refractivity contribution is 9.10. The fourth-order valence-corrected chi connectivity index (χ4v) is 3.28. The lowest BCUT2D eigenvalue weighted by molar-refractivity contribution is -0.117. The first kappa shape index (κ1) is 14.6. The molecule has 19 heavy (non-hydrogen) atoms. The van der Waals surface area contributed by atoms with Crippen molar-refractivity contribution in [3.63, 3.8) is 0 Å². The Kier molecular flexibility index (Phi) is 4.68. The molecular formula is C14H16BrNO2S. The Morgan fingerprint density at radius 3 is 2.95 bits per heavy atom. The average Bonchev–Trinajstić information content (AvgIpc) is 2.71. The van der Waals surface area contributed by atoms with E-state index in [2.05, 4.69) is 15.9 Å². The Morgan fingerprint density at radius 2 is 2.26 bits per heavy atom. The Bertz CT molecular complexity index is 518. The lowest BCUT2D eigenvalue weighted by Gasteiger charge is -2.19. The predicted molar refractivity (Wildman–Crippen MR) is 82.5 cm³/mol. The molecule has 0 radical (unpaired) electrons. The van der Waals surface area contributed by atoms with E-state index < -0.39 is 0 Å². The molecule has 1 aromatic rings. The van der Waals surface area contributed by atoms with Crippen molar-refractivity contribution >= 4 is 44.4 Å². The smallest absolute Gasteiger partial charge is 0.227 e. The van der Waals surface area contributed by atoms with Gasteiger partial charge in [0.05, 0.1) is 0 Å². The van der Waals surface area contributed by atoms with Gasteiger partial charge in [-0.3, -0.25) is 9.59 Å². The highest BCUT2D eigenvalue weighted by Crippen LogP contribution is 2.31. The molecule has 0 bridgehead atoms. The van der Waals surface area contributed by atoms with Crippen molar-refractivity contribution < 1.29 is 9.59 Å². The molecule has 0 aliphatic carbocycles. The number of hydrogen-bond donors (Lipinski definition) is 0. The Labute approximate surface area is 125 Å². The molecule has 1 amide bonds. The molecule has 102 valence electrons. The van der Waals surface area contributed by atoms with E-state index in [0.29, 0.717) is 13.0 Å². The van der Waals surface area contributed by atoms with Crippen molar-refractivity contribution in [2.45, 2.75) is 20.3 Å². The van der Waals surface area contributed by atoms with Crippen LogP contribution >= 0.6 is 27.7 Å². The number of halogens is 1. The first-order valence-electron chi connectivity index (χ1n) is 6.17. The van der Waals surface area contributed by atoms with Crippen LogP contribution in [0.25, 0.3) is 0 Å². The standard InChI is InChI=1S/C14H16BrNO2S/c1-9-3-4-12(15)6-13(9)16-7-11(5-14(16)18)8-19-10(2)17/h3-4,6,11H,5,7-8H2,1-2H3. The van der Waals surface area contributed by atoms with E-state index in [4.69, 9.17) is 0 Å². The molecule has 0 N–H and O–H groups in total. The van der Waals surface area contributed by atoms with E-state index in [-0.39, 0.29) is 16.9 Å². The quantitative estimate of drug-likeness (QED) is 0.845. The maximum atomic E-state index is 12.1. The molecule has 1 aliphatic rings. The fourth-order valence-electron chi connectivity index (χ4n) is 2.23. The summed E-state index contributed by atoms with van der Waals surface area (Å²) in [6.07, 6.45) is 0.534. The molecular weight excluding hydrogens is 326 g/mol. The van der Waals surface area contributed by atoms with Gasteiger partial charge in [-0.1, -0.05) is 33.8 Å². The van der Waals surface area contributed by atoms with Crippen LogP contribution in [0.1, 0.15) is 18.9 Å². The average molecular weight is 342 g/mol. The maximum absolute atomic E-state index is 12.1. The van der Waals surface area contributed by atoms with E-state index in [9.17, 15) is 9.59 Å². The van der Waals surface area contributed by atoms with Crippen molar-refractivity contribution in [3.8, 4) is 0 Å². The van der Waals surface area contributed by atoms with Gasteiger partial charge in [-0.15, -0.1) is 0 Å². The summed E-state index contributed by atoms with van der Waals surface area (Å²) >= 11 is 4.75. The fraction of sp³-hybridized carbons (Fsp3) is 0.429. The van der Waals surface area contributed by atoms with Gasteiger partial charge in [-0.2, -0.15) is 0 Å². The van der Waals surface area contributed by atoms with Gasteiger partial charge in [0, 0.05) is 35.8 Å². The maximum Gasteiger partial charge on any atom is 0.227 e. The van der Waals surface area contributed by atoms with Gasteiger partial charge >= 0.3 is 0 Å². The van der Waals surface area contributed by atoms with Crippen LogP contribution in [0.4, 0.5) is 5.69 Å². The highest BCUT2D eigenvalue weighted by atomic mass is 79.9. The van der Waals surface area contributed by atoms with Crippen LogP contribution in [0.5, 0.6) is 0 Å². The van der Waals surface area contributed by atoms with E-state index in [1.807, 2.05) is 30.0 Å². The number of carbonyl (C=O) groups is 2. The topological polar surface area (TPSA) is 37.4 Å². The second kappa shape index (κ2) is 6.09. The summed E-state index contributed by atoms with van der Waals surface area (Å²) in [5, 5.41) is 0.115. The number of nitrogens with zero attached hydrogens (tertiary/aromatic N) is 1. The van der Waals surface area contributed by atoms with Crippen molar-refractivity contribution in [3.05, 3.63) is 28.2 Å². The van der Waals surface area contributed by atoms with Gasteiger partial charge in [-0.05, 0) is 30.5 Å². The Hall–Kier alpha value is -0.810. The van der Waals surface area contributed by atoms with Crippen molar-refractivity contribution in [2.24, 2.45) is 5.92 Å². The number of amides is 1. The van der Waals surface area contributed by atoms with Crippen LogP contribution in [-0.2, 0) is 9.59 Å². The van der Waals surface area contributed by atoms with Gasteiger partial charge in [0.15, 0.2) is 5.12 Å². The van der Waals surface area contributed by atoms with Crippen LogP contribution in [0.15, 0.2) is 22.7 Å². The first-order valence-corrected chi connectivity index (χ1v) is 7.95. The summed E-state index contributed by atoms with van der Waals surface area (Å²) in [5.74, 6) is 1.14. The minimum atomic E-state index is 0.115. The summed E-state index contributed by atoms with van der Waals surface area (Å²) in [6, 6.07) is 5.96. The lowest BCUT2D eigenvalue weighted by atomic mass is 10.1. The molecule has 1 unspecified atom stereocenters. The minimum Gasteiger partial charge on any atom is -0.312 e. The molecule has 1 saturated heterocycles.